The van der Waals surface area contributed by atoms with Gasteiger partial charge in [-0.05, 0) is 67.4 Å². The number of hydrogen-bond donors (Lipinski definition) is 0. The van der Waals surface area contributed by atoms with Crippen molar-refractivity contribution >= 4 is 0 Å². The Bertz CT molecular complexity index is 638. The average Bonchev–Trinajstić information content (AvgIpc) is 2.73. The van der Waals surface area contributed by atoms with Crippen LogP contribution in [0.3, 0.4) is 0 Å². The summed E-state index contributed by atoms with van der Waals surface area (Å²) in [5, 5.41) is 0. The number of alkyl halides is 2. The normalized spacial score (nSPS) is 27.5. The first kappa shape index (κ1) is 23.7. The van der Waals surface area contributed by atoms with Crippen molar-refractivity contribution < 1.29 is 13.2 Å². The van der Waals surface area contributed by atoms with Gasteiger partial charge >= 0.3 is 0 Å². The van der Waals surface area contributed by atoms with Crippen LogP contribution in [-0.4, -0.2) is 0 Å². The fourth-order valence-corrected chi connectivity index (χ4v) is 6.13. The van der Waals surface area contributed by atoms with Gasteiger partial charge in [0.2, 0.25) is 0 Å². The van der Waals surface area contributed by atoms with E-state index in [1.54, 1.807) is 19.1 Å². The third kappa shape index (κ3) is 6.26. The van der Waals surface area contributed by atoms with E-state index in [-0.39, 0.29) is 5.92 Å². The molecule has 0 heterocycles. The van der Waals surface area contributed by atoms with Crippen LogP contribution in [0.5, 0.6) is 0 Å². The highest BCUT2D eigenvalue weighted by atomic mass is 19.3. The second-order valence-corrected chi connectivity index (χ2v) is 10.2. The lowest BCUT2D eigenvalue weighted by Gasteiger charge is -2.30. The van der Waals surface area contributed by atoms with E-state index in [4.69, 9.17) is 0 Å². The minimum atomic E-state index is -2.73. The molecular formula is C27H41F3. The van der Waals surface area contributed by atoms with Crippen molar-refractivity contribution in [3.8, 4) is 0 Å². The van der Waals surface area contributed by atoms with Crippen molar-refractivity contribution in [1.82, 2.24) is 0 Å². The Labute approximate surface area is 182 Å². The number of aryl methyl sites for hydroxylation is 1. The zero-order valence-electron chi connectivity index (χ0n) is 19.1. The van der Waals surface area contributed by atoms with Crippen molar-refractivity contribution in [1.29, 1.82) is 0 Å². The number of rotatable bonds is 9. The van der Waals surface area contributed by atoms with E-state index in [0.717, 1.165) is 43.4 Å². The molecule has 0 spiro atoms. The molecule has 2 saturated carbocycles. The molecular weight excluding hydrogens is 381 g/mol. The minimum absolute atomic E-state index is 0.109. The lowest BCUT2D eigenvalue weighted by atomic mass is 9.75. The SMILES string of the molecule is CCCC1CCC(CCCCC2CCC(c3ccc(C)c(C(F)F)c3F)CC2)CC1. The van der Waals surface area contributed by atoms with Gasteiger partial charge in [-0.25, -0.2) is 13.2 Å². The Balaban J connectivity index is 1.36. The van der Waals surface area contributed by atoms with Gasteiger partial charge < -0.3 is 0 Å². The summed E-state index contributed by atoms with van der Waals surface area (Å²) in [5.41, 5.74) is 0.491. The van der Waals surface area contributed by atoms with Gasteiger partial charge in [0.25, 0.3) is 6.43 Å². The van der Waals surface area contributed by atoms with Crippen LogP contribution in [0.25, 0.3) is 0 Å². The van der Waals surface area contributed by atoms with Crippen molar-refractivity contribution in [2.24, 2.45) is 17.8 Å². The highest BCUT2D eigenvalue weighted by Crippen LogP contribution is 2.41. The maximum Gasteiger partial charge on any atom is 0.266 e. The number of benzene rings is 1. The molecule has 2 aliphatic carbocycles. The Hall–Kier alpha value is -0.990. The topological polar surface area (TPSA) is 0 Å². The third-order valence-electron chi connectivity index (χ3n) is 8.07. The predicted molar refractivity (Wildman–Crippen MR) is 120 cm³/mol. The largest absolute Gasteiger partial charge is 0.266 e. The fraction of sp³-hybridized carbons (Fsp3) is 0.778. The fourth-order valence-electron chi connectivity index (χ4n) is 6.13. The van der Waals surface area contributed by atoms with Crippen LogP contribution in [0.15, 0.2) is 12.1 Å². The van der Waals surface area contributed by atoms with Crippen molar-refractivity contribution in [2.45, 2.75) is 116 Å². The average molecular weight is 423 g/mol. The van der Waals surface area contributed by atoms with E-state index >= 15 is 0 Å². The van der Waals surface area contributed by atoms with E-state index < -0.39 is 17.8 Å². The molecule has 0 unspecified atom stereocenters. The molecule has 2 fully saturated rings. The molecule has 0 nitrogen and oxygen atoms in total. The molecule has 1 aromatic carbocycles. The van der Waals surface area contributed by atoms with Gasteiger partial charge in [-0.1, -0.05) is 83.3 Å². The third-order valence-corrected chi connectivity index (χ3v) is 8.07. The van der Waals surface area contributed by atoms with E-state index in [9.17, 15) is 13.2 Å². The highest BCUT2D eigenvalue weighted by molar-refractivity contribution is 5.36. The predicted octanol–water partition coefficient (Wildman–Crippen LogP) is 9.51. The Morgan fingerprint density at radius 2 is 1.30 bits per heavy atom. The van der Waals surface area contributed by atoms with E-state index in [1.807, 2.05) is 0 Å². The van der Waals surface area contributed by atoms with Crippen LogP contribution < -0.4 is 0 Å². The van der Waals surface area contributed by atoms with Crippen molar-refractivity contribution in [3.05, 3.63) is 34.6 Å². The van der Waals surface area contributed by atoms with Crippen LogP contribution >= 0.6 is 0 Å². The molecule has 3 heteroatoms. The van der Waals surface area contributed by atoms with Gasteiger partial charge in [-0.3, -0.25) is 0 Å². The van der Waals surface area contributed by atoms with E-state index in [0.29, 0.717) is 11.1 Å². The van der Waals surface area contributed by atoms with Gasteiger partial charge in [0.15, 0.2) is 0 Å². The van der Waals surface area contributed by atoms with Gasteiger partial charge in [0.05, 0.1) is 5.56 Å². The van der Waals surface area contributed by atoms with Crippen molar-refractivity contribution in [3.63, 3.8) is 0 Å². The molecule has 1 aromatic rings. The zero-order valence-corrected chi connectivity index (χ0v) is 19.1. The molecule has 170 valence electrons. The van der Waals surface area contributed by atoms with Crippen LogP contribution in [0, 0.1) is 30.5 Å². The molecule has 0 atom stereocenters. The zero-order chi connectivity index (χ0) is 21.5. The number of halogens is 3. The molecule has 0 N–H and O–H groups in total. The first-order valence-electron chi connectivity index (χ1n) is 12.6. The smallest absolute Gasteiger partial charge is 0.206 e. The van der Waals surface area contributed by atoms with Crippen molar-refractivity contribution in [2.75, 3.05) is 0 Å². The molecule has 3 rings (SSSR count). The first-order chi connectivity index (χ1) is 14.5. The van der Waals surface area contributed by atoms with Crippen LogP contribution in [-0.2, 0) is 0 Å². The summed E-state index contributed by atoms with van der Waals surface area (Å²) < 4.78 is 41.1. The first-order valence-corrected chi connectivity index (χ1v) is 12.6. The Kier molecular flexibility index (Phi) is 9.13. The summed E-state index contributed by atoms with van der Waals surface area (Å²) in [4.78, 5) is 0. The molecule has 0 amide bonds. The van der Waals surface area contributed by atoms with Gasteiger partial charge in [-0.15, -0.1) is 0 Å². The molecule has 0 aromatic heterocycles. The summed E-state index contributed by atoms with van der Waals surface area (Å²) in [6.07, 6.45) is 15.3. The molecule has 0 radical (unpaired) electrons. The van der Waals surface area contributed by atoms with Gasteiger partial charge in [-0.2, -0.15) is 0 Å². The van der Waals surface area contributed by atoms with Crippen LogP contribution in [0.2, 0.25) is 0 Å². The summed E-state index contributed by atoms with van der Waals surface area (Å²) >= 11 is 0. The van der Waals surface area contributed by atoms with Crippen LogP contribution in [0.4, 0.5) is 13.2 Å². The molecule has 2 aliphatic rings. The summed E-state index contributed by atoms with van der Waals surface area (Å²) in [6.45, 7) is 3.87. The molecule has 0 bridgehead atoms. The standard InChI is InChI=1S/C27H41F3/c1-3-6-20-10-12-21(13-11-20)7-4-5-8-22-14-16-23(17-15-22)24-18-9-19(2)25(26(24)28)27(29)30/h9,18,20-23,27H,3-8,10-17H2,1-2H3. The molecule has 0 saturated heterocycles. The van der Waals surface area contributed by atoms with Crippen LogP contribution in [0.1, 0.15) is 126 Å². The Morgan fingerprint density at radius 1 is 0.800 bits per heavy atom. The number of unbranched alkanes of at least 4 members (excludes halogenated alkanes) is 1. The maximum atomic E-state index is 14.7. The van der Waals surface area contributed by atoms with E-state index in [1.165, 1.54) is 64.2 Å². The summed E-state index contributed by atoms with van der Waals surface area (Å²) in [7, 11) is 0. The quantitative estimate of drug-likeness (QED) is 0.348. The molecule has 30 heavy (non-hydrogen) atoms. The summed E-state index contributed by atoms with van der Waals surface area (Å²) in [5.74, 6) is 2.16. The Morgan fingerprint density at radius 3 is 1.80 bits per heavy atom. The minimum Gasteiger partial charge on any atom is -0.206 e. The van der Waals surface area contributed by atoms with E-state index in [2.05, 4.69) is 6.92 Å². The molecule has 0 aliphatic heterocycles. The second kappa shape index (κ2) is 11.6. The monoisotopic (exact) mass is 422 g/mol. The second-order valence-electron chi connectivity index (χ2n) is 10.2. The van der Waals surface area contributed by atoms with Gasteiger partial charge in [0, 0.05) is 0 Å². The number of hydrogen-bond acceptors (Lipinski definition) is 0. The lowest BCUT2D eigenvalue weighted by molar-refractivity contribution is 0.145. The summed E-state index contributed by atoms with van der Waals surface area (Å²) in [6, 6.07) is 3.42. The maximum absolute atomic E-state index is 14.7. The van der Waals surface area contributed by atoms with Gasteiger partial charge in [0.1, 0.15) is 5.82 Å². The lowest BCUT2D eigenvalue weighted by Crippen LogP contribution is -2.16. The highest BCUT2D eigenvalue weighted by Gasteiger charge is 2.27.